The number of furan rings is 1. The van der Waals surface area contributed by atoms with Crippen LogP contribution in [-0.2, 0) is 4.79 Å². The maximum absolute atomic E-state index is 11.7. The molecule has 0 atom stereocenters. The molecule has 8 nitrogen and oxygen atoms in total. The van der Waals surface area contributed by atoms with Crippen LogP contribution in [0.1, 0.15) is 5.76 Å². The first-order valence-corrected chi connectivity index (χ1v) is 9.63. The molecule has 2 aromatic carbocycles. The van der Waals surface area contributed by atoms with Gasteiger partial charge in [0, 0.05) is 23.8 Å². The van der Waals surface area contributed by atoms with Crippen molar-refractivity contribution in [2.45, 2.75) is 5.22 Å². The fourth-order valence-corrected chi connectivity index (χ4v) is 3.64. The van der Waals surface area contributed by atoms with E-state index in [9.17, 15) is 20.0 Å². The number of oxazole rings is 1. The Bertz CT molecular complexity index is 1280. The van der Waals surface area contributed by atoms with E-state index >= 15 is 0 Å². The van der Waals surface area contributed by atoms with Crippen LogP contribution in [0, 0.1) is 10.1 Å². The van der Waals surface area contributed by atoms with E-state index in [0.29, 0.717) is 22.4 Å². The van der Waals surface area contributed by atoms with Crippen LogP contribution in [0.2, 0.25) is 5.02 Å². The molecule has 0 saturated heterocycles. The number of hydrogen-bond donors (Lipinski definition) is 1. The van der Waals surface area contributed by atoms with Gasteiger partial charge in [0.2, 0.25) is 0 Å². The number of aliphatic carboxylic acids is 1. The van der Waals surface area contributed by atoms with Crippen LogP contribution >= 0.6 is 23.4 Å². The Kier molecular flexibility index (Phi) is 5.30. The van der Waals surface area contributed by atoms with Gasteiger partial charge in [-0.2, -0.15) is 0 Å². The zero-order valence-corrected chi connectivity index (χ0v) is 16.5. The number of carboxylic acids is 1. The standard InChI is InChI=1S/C20H11ClN2O6S/c21-14-9-11(23(26)27)5-7-13(14)16-8-6-12(28-16)10-18(19(24)25)30-20-22-15-3-1-2-4-17(15)29-20/h1-10H,(H,24,25)/b18-10-. The van der Waals surface area contributed by atoms with Gasteiger partial charge in [-0.1, -0.05) is 23.7 Å². The van der Waals surface area contributed by atoms with Crippen molar-refractivity contribution in [3.05, 3.63) is 80.4 Å². The number of carboxylic acid groups (broad SMARTS) is 1. The van der Waals surface area contributed by atoms with Gasteiger partial charge in [-0.25, -0.2) is 9.78 Å². The lowest BCUT2D eigenvalue weighted by Crippen LogP contribution is -1.96. The van der Waals surface area contributed by atoms with E-state index in [1.165, 1.54) is 24.3 Å². The number of rotatable bonds is 6. The van der Waals surface area contributed by atoms with Crippen molar-refractivity contribution < 1.29 is 23.7 Å². The molecule has 10 heteroatoms. The molecule has 0 radical (unpaired) electrons. The quantitative estimate of drug-likeness (QED) is 0.170. The highest BCUT2D eigenvalue weighted by atomic mass is 35.5. The van der Waals surface area contributed by atoms with E-state index < -0.39 is 10.9 Å². The largest absolute Gasteiger partial charge is 0.477 e. The van der Waals surface area contributed by atoms with Gasteiger partial charge in [0.25, 0.3) is 10.9 Å². The van der Waals surface area contributed by atoms with E-state index in [4.69, 9.17) is 20.4 Å². The SMILES string of the molecule is O=C(O)/C(=C/c1ccc(-c2ccc([N+](=O)[O-])cc2Cl)o1)Sc1nc2ccccc2o1. The van der Waals surface area contributed by atoms with Gasteiger partial charge in [0.1, 0.15) is 21.9 Å². The van der Waals surface area contributed by atoms with Gasteiger partial charge in [-0.15, -0.1) is 0 Å². The molecule has 0 aliphatic carbocycles. The molecule has 1 N–H and O–H groups in total. The molecule has 0 saturated carbocycles. The van der Waals surface area contributed by atoms with Crippen molar-refractivity contribution in [2.75, 3.05) is 0 Å². The highest BCUT2D eigenvalue weighted by Crippen LogP contribution is 2.34. The minimum atomic E-state index is -1.17. The Morgan fingerprint density at radius 3 is 2.67 bits per heavy atom. The zero-order chi connectivity index (χ0) is 21.3. The summed E-state index contributed by atoms with van der Waals surface area (Å²) in [5.41, 5.74) is 1.49. The molecule has 0 bridgehead atoms. The maximum atomic E-state index is 11.7. The number of thioether (sulfide) groups is 1. The molecule has 0 aliphatic rings. The second-order valence-electron chi connectivity index (χ2n) is 5.99. The Labute approximate surface area is 177 Å². The molecule has 4 aromatic rings. The normalized spacial score (nSPS) is 11.7. The second kappa shape index (κ2) is 8.05. The maximum Gasteiger partial charge on any atom is 0.342 e. The number of aromatic nitrogens is 1. The molecule has 0 amide bonds. The Morgan fingerprint density at radius 1 is 1.17 bits per heavy atom. The van der Waals surface area contributed by atoms with Crippen molar-refractivity contribution >= 4 is 52.2 Å². The first kappa shape index (κ1) is 19.7. The number of fused-ring (bicyclic) bond motifs is 1. The zero-order valence-electron chi connectivity index (χ0n) is 14.9. The van der Waals surface area contributed by atoms with E-state index in [1.807, 2.05) is 0 Å². The van der Waals surface area contributed by atoms with Crippen LogP contribution in [0.15, 0.2) is 73.6 Å². The Balaban J connectivity index is 1.62. The fraction of sp³-hybridized carbons (Fsp3) is 0. The average Bonchev–Trinajstić information content (AvgIpc) is 3.33. The van der Waals surface area contributed by atoms with Crippen molar-refractivity contribution in [3.63, 3.8) is 0 Å². The van der Waals surface area contributed by atoms with Crippen molar-refractivity contribution in [2.24, 2.45) is 0 Å². The van der Waals surface area contributed by atoms with Gasteiger partial charge in [0.05, 0.1) is 9.95 Å². The highest BCUT2D eigenvalue weighted by molar-refractivity contribution is 8.03. The number of hydrogen-bond acceptors (Lipinski definition) is 7. The number of halogens is 1. The lowest BCUT2D eigenvalue weighted by Gasteiger charge is -2.01. The third-order valence-electron chi connectivity index (χ3n) is 4.01. The minimum absolute atomic E-state index is 0.0581. The van der Waals surface area contributed by atoms with Gasteiger partial charge in [0.15, 0.2) is 5.58 Å². The first-order valence-electron chi connectivity index (χ1n) is 8.43. The van der Waals surface area contributed by atoms with Crippen LogP contribution in [0.25, 0.3) is 28.5 Å². The van der Waals surface area contributed by atoms with Crippen molar-refractivity contribution in [3.8, 4) is 11.3 Å². The second-order valence-corrected chi connectivity index (χ2v) is 7.39. The van der Waals surface area contributed by atoms with Gasteiger partial charge < -0.3 is 13.9 Å². The molecule has 0 unspecified atom stereocenters. The predicted octanol–water partition coefficient (Wildman–Crippen LogP) is 5.87. The molecule has 0 aliphatic heterocycles. The van der Waals surface area contributed by atoms with Crippen LogP contribution in [0.4, 0.5) is 5.69 Å². The van der Waals surface area contributed by atoms with E-state index in [0.717, 1.165) is 11.8 Å². The molecule has 4 rings (SSSR count). The van der Waals surface area contributed by atoms with E-state index in [2.05, 4.69) is 4.98 Å². The summed E-state index contributed by atoms with van der Waals surface area (Å²) in [5, 5.41) is 20.7. The molecule has 150 valence electrons. The summed E-state index contributed by atoms with van der Waals surface area (Å²) in [6.45, 7) is 0. The lowest BCUT2D eigenvalue weighted by atomic mass is 10.1. The van der Waals surface area contributed by atoms with Crippen LogP contribution in [0.5, 0.6) is 0 Å². The number of non-ortho nitro benzene ring substituents is 1. The van der Waals surface area contributed by atoms with Crippen molar-refractivity contribution in [1.82, 2.24) is 4.98 Å². The topological polar surface area (TPSA) is 120 Å². The summed E-state index contributed by atoms with van der Waals surface area (Å²) < 4.78 is 11.2. The number of nitro groups is 1. The number of nitro benzene ring substituents is 1. The average molecular weight is 443 g/mol. The smallest absolute Gasteiger partial charge is 0.342 e. The predicted molar refractivity (Wildman–Crippen MR) is 111 cm³/mol. The molecule has 30 heavy (non-hydrogen) atoms. The van der Waals surface area contributed by atoms with Crippen LogP contribution in [-0.4, -0.2) is 21.0 Å². The third-order valence-corrected chi connectivity index (χ3v) is 5.19. The van der Waals surface area contributed by atoms with Crippen LogP contribution < -0.4 is 0 Å². The lowest BCUT2D eigenvalue weighted by molar-refractivity contribution is -0.384. The highest BCUT2D eigenvalue weighted by Gasteiger charge is 2.17. The van der Waals surface area contributed by atoms with E-state index in [1.54, 1.807) is 36.4 Å². The first-order chi connectivity index (χ1) is 14.4. The van der Waals surface area contributed by atoms with Gasteiger partial charge in [-0.05, 0) is 42.1 Å². The van der Waals surface area contributed by atoms with Gasteiger partial charge in [-0.3, -0.25) is 10.1 Å². The number of para-hydroxylation sites is 2. The Hall–Kier alpha value is -3.56. The molecule has 0 spiro atoms. The minimum Gasteiger partial charge on any atom is -0.477 e. The molecule has 0 fully saturated rings. The summed E-state index contributed by atoms with van der Waals surface area (Å²) in [4.78, 5) is 26.2. The monoisotopic (exact) mass is 442 g/mol. The molecule has 2 aromatic heterocycles. The Morgan fingerprint density at radius 2 is 1.97 bits per heavy atom. The summed E-state index contributed by atoms with van der Waals surface area (Å²) in [6, 6.07) is 14.3. The summed E-state index contributed by atoms with van der Waals surface area (Å²) >= 11 is 6.97. The number of benzene rings is 2. The van der Waals surface area contributed by atoms with Gasteiger partial charge >= 0.3 is 5.97 Å². The van der Waals surface area contributed by atoms with Crippen molar-refractivity contribution in [1.29, 1.82) is 0 Å². The third kappa shape index (κ3) is 4.07. The summed E-state index contributed by atoms with van der Waals surface area (Å²) in [6.07, 6.45) is 1.34. The number of carbonyl (C=O) groups is 1. The molecular weight excluding hydrogens is 432 g/mol. The summed E-state index contributed by atoms with van der Waals surface area (Å²) in [7, 11) is 0. The molecule has 2 heterocycles. The fourth-order valence-electron chi connectivity index (χ4n) is 2.65. The van der Waals surface area contributed by atoms with Crippen LogP contribution in [0.3, 0.4) is 0 Å². The van der Waals surface area contributed by atoms with E-state index in [-0.39, 0.29) is 26.6 Å². The number of nitrogens with zero attached hydrogens (tertiary/aromatic N) is 2. The summed E-state index contributed by atoms with van der Waals surface area (Å²) in [5.74, 6) is -0.563. The molecular formula is C20H11ClN2O6S.